The number of rotatable bonds is 14. The highest BCUT2D eigenvalue weighted by atomic mass is 16.5. The van der Waals surface area contributed by atoms with Crippen LogP contribution in [-0.4, -0.2) is 49.7 Å². The summed E-state index contributed by atoms with van der Waals surface area (Å²) in [5.74, 6) is 0. The maximum atomic E-state index is 9.76. The Morgan fingerprint density at radius 2 is 1.81 bits per heavy atom. The predicted molar refractivity (Wildman–Crippen MR) is 111 cm³/mol. The highest BCUT2D eigenvalue weighted by Gasteiger charge is 2.28. The summed E-state index contributed by atoms with van der Waals surface area (Å²) in [7, 11) is 0. The monoisotopic (exact) mass is 373 g/mol. The number of aliphatic hydroxyl groups excluding tert-OH is 2. The van der Waals surface area contributed by atoms with Crippen molar-refractivity contribution in [3.8, 4) is 0 Å². The van der Waals surface area contributed by atoms with Crippen molar-refractivity contribution in [2.75, 3.05) is 39.5 Å². The van der Waals surface area contributed by atoms with Gasteiger partial charge >= 0.3 is 0 Å². The van der Waals surface area contributed by atoms with Gasteiger partial charge in [0.25, 0.3) is 0 Å². The van der Waals surface area contributed by atoms with E-state index in [1.165, 1.54) is 18.4 Å². The van der Waals surface area contributed by atoms with Crippen LogP contribution in [-0.2, 0) is 11.2 Å². The molecule has 4 heteroatoms. The summed E-state index contributed by atoms with van der Waals surface area (Å²) < 4.78 is 5.72. The summed E-state index contributed by atoms with van der Waals surface area (Å²) in [6.07, 6.45) is 12.3. The first-order valence-electron chi connectivity index (χ1n) is 10.2. The lowest BCUT2D eigenvalue weighted by Gasteiger charge is -2.32. The van der Waals surface area contributed by atoms with Gasteiger partial charge in [0.15, 0.2) is 0 Å². The Morgan fingerprint density at radius 3 is 2.59 bits per heavy atom. The zero-order chi connectivity index (χ0) is 19.2. The third-order valence-corrected chi connectivity index (χ3v) is 5.13. The minimum absolute atomic E-state index is 0.0690. The van der Waals surface area contributed by atoms with E-state index in [-0.39, 0.29) is 18.6 Å². The molecule has 0 amide bonds. The van der Waals surface area contributed by atoms with Gasteiger partial charge in [0, 0.05) is 18.6 Å². The molecule has 3 N–H and O–H groups in total. The first-order chi connectivity index (χ1) is 13.3. The Bertz CT molecular complexity index is 570. The van der Waals surface area contributed by atoms with Crippen LogP contribution >= 0.6 is 0 Å². The van der Waals surface area contributed by atoms with Crippen molar-refractivity contribution in [1.82, 2.24) is 5.32 Å². The number of unbranched alkanes of at least 4 members (excludes halogenated alkanes) is 3. The van der Waals surface area contributed by atoms with Crippen molar-refractivity contribution in [2.45, 2.75) is 38.5 Å². The van der Waals surface area contributed by atoms with E-state index in [1.54, 1.807) is 0 Å². The van der Waals surface area contributed by atoms with Crippen LogP contribution in [0.3, 0.4) is 0 Å². The molecule has 27 heavy (non-hydrogen) atoms. The summed E-state index contributed by atoms with van der Waals surface area (Å²) in [6, 6.07) is 10.5. The second kappa shape index (κ2) is 12.8. The van der Waals surface area contributed by atoms with Gasteiger partial charge in [-0.05, 0) is 43.4 Å². The van der Waals surface area contributed by atoms with Crippen molar-refractivity contribution in [2.24, 2.45) is 5.41 Å². The topological polar surface area (TPSA) is 61.7 Å². The molecule has 2 rings (SSSR count). The summed E-state index contributed by atoms with van der Waals surface area (Å²) in [5, 5.41) is 22.5. The zero-order valence-corrected chi connectivity index (χ0v) is 16.4. The molecule has 1 aliphatic carbocycles. The van der Waals surface area contributed by atoms with Gasteiger partial charge in [-0.3, -0.25) is 0 Å². The fourth-order valence-electron chi connectivity index (χ4n) is 3.43. The van der Waals surface area contributed by atoms with E-state index >= 15 is 0 Å². The Kier molecular flexibility index (Phi) is 10.4. The van der Waals surface area contributed by atoms with Crippen molar-refractivity contribution in [1.29, 1.82) is 0 Å². The van der Waals surface area contributed by atoms with Crippen LogP contribution in [0.25, 0.3) is 0 Å². The summed E-state index contributed by atoms with van der Waals surface area (Å²) in [4.78, 5) is 0. The second-order valence-electron chi connectivity index (χ2n) is 7.48. The fourth-order valence-corrected chi connectivity index (χ4v) is 3.43. The predicted octanol–water partition coefficient (Wildman–Crippen LogP) is 3.25. The van der Waals surface area contributed by atoms with Gasteiger partial charge in [-0.25, -0.2) is 0 Å². The molecule has 1 aromatic carbocycles. The number of benzene rings is 1. The maximum absolute atomic E-state index is 9.76. The van der Waals surface area contributed by atoms with E-state index in [9.17, 15) is 10.2 Å². The average molecular weight is 374 g/mol. The lowest BCUT2D eigenvalue weighted by atomic mass is 9.79. The van der Waals surface area contributed by atoms with Crippen LogP contribution in [0, 0.1) is 5.41 Å². The van der Waals surface area contributed by atoms with E-state index in [4.69, 9.17) is 4.74 Å². The highest BCUT2D eigenvalue weighted by Crippen LogP contribution is 2.30. The van der Waals surface area contributed by atoms with E-state index in [1.807, 2.05) is 18.2 Å². The number of ether oxygens (including phenoxy) is 1. The molecule has 1 aliphatic rings. The lowest BCUT2D eigenvalue weighted by molar-refractivity contribution is 0.132. The number of hydrogen-bond acceptors (Lipinski definition) is 4. The summed E-state index contributed by atoms with van der Waals surface area (Å²) in [6.45, 7) is 3.53. The smallest absolute Gasteiger partial charge is 0.0645 e. The van der Waals surface area contributed by atoms with Crippen LogP contribution in [0.2, 0.25) is 0 Å². The number of aliphatic hydroxyl groups is 2. The van der Waals surface area contributed by atoms with Crippen molar-refractivity contribution in [3.63, 3.8) is 0 Å². The van der Waals surface area contributed by atoms with Crippen molar-refractivity contribution < 1.29 is 14.9 Å². The van der Waals surface area contributed by atoms with Crippen LogP contribution in [0.1, 0.15) is 37.7 Å². The van der Waals surface area contributed by atoms with E-state index < -0.39 is 0 Å². The molecule has 0 aromatic heterocycles. The van der Waals surface area contributed by atoms with Crippen LogP contribution < -0.4 is 5.32 Å². The molecule has 0 saturated carbocycles. The summed E-state index contributed by atoms with van der Waals surface area (Å²) >= 11 is 0. The molecule has 0 radical (unpaired) electrons. The van der Waals surface area contributed by atoms with E-state index in [0.717, 1.165) is 57.6 Å². The highest BCUT2D eigenvalue weighted by molar-refractivity contribution is 5.24. The molecule has 0 bridgehead atoms. The molecule has 150 valence electrons. The number of nitrogens with one attached hydrogen (secondary N) is 1. The Morgan fingerprint density at radius 1 is 1.00 bits per heavy atom. The van der Waals surface area contributed by atoms with E-state index in [2.05, 4.69) is 35.7 Å². The van der Waals surface area contributed by atoms with Crippen LogP contribution in [0.15, 0.2) is 54.1 Å². The molecule has 0 heterocycles. The van der Waals surface area contributed by atoms with Gasteiger partial charge in [-0.2, -0.15) is 0 Å². The standard InChI is InChI=1S/C23H35NO3/c25-18-22-11-8-13-23(17-22,20-26)19-24-14-6-1-2-7-15-27-16-12-21-9-4-3-5-10-21/h3-5,8-11,13,24-26H,1-2,6-7,12,14-20H2. The zero-order valence-electron chi connectivity index (χ0n) is 16.4. The molecule has 0 saturated heterocycles. The fraction of sp³-hybridized carbons (Fsp3) is 0.565. The molecule has 0 aliphatic heterocycles. The van der Waals surface area contributed by atoms with Gasteiger partial charge < -0.3 is 20.3 Å². The summed E-state index contributed by atoms with van der Waals surface area (Å²) in [5.41, 5.74) is 2.05. The Labute approximate surface area is 164 Å². The molecular formula is C23H35NO3. The van der Waals surface area contributed by atoms with Gasteiger partial charge in [-0.15, -0.1) is 0 Å². The lowest BCUT2D eigenvalue weighted by Crippen LogP contribution is -2.37. The van der Waals surface area contributed by atoms with Crippen LogP contribution in [0.4, 0.5) is 0 Å². The van der Waals surface area contributed by atoms with Crippen molar-refractivity contribution in [3.05, 3.63) is 59.7 Å². The van der Waals surface area contributed by atoms with Gasteiger partial charge in [0.1, 0.15) is 0 Å². The molecule has 1 atom stereocenters. The molecule has 0 spiro atoms. The third kappa shape index (κ3) is 8.39. The third-order valence-electron chi connectivity index (χ3n) is 5.13. The van der Waals surface area contributed by atoms with Crippen molar-refractivity contribution >= 4 is 0 Å². The minimum Gasteiger partial charge on any atom is -0.395 e. The van der Waals surface area contributed by atoms with Gasteiger partial charge in [0.05, 0.1) is 19.8 Å². The molecule has 1 aromatic rings. The minimum atomic E-state index is -0.264. The van der Waals surface area contributed by atoms with E-state index in [0.29, 0.717) is 0 Å². The normalized spacial score (nSPS) is 19.3. The molecular weight excluding hydrogens is 338 g/mol. The van der Waals surface area contributed by atoms with Crippen LogP contribution in [0.5, 0.6) is 0 Å². The molecule has 4 nitrogen and oxygen atoms in total. The Hall–Kier alpha value is -1.46. The Balaban J connectivity index is 1.43. The number of allylic oxidation sites excluding steroid dienone is 2. The SMILES string of the molecule is OCC1=CC=CC(CO)(CNCCCCCCOCCc2ccccc2)C1. The molecule has 1 unspecified atom stereocenters. The second-order valence-corrected chi connectivity index (χ2v) is 7.48. The first kappa shape index (κ1) is 21.8. The maximum Gasteiger partial charge on any atom is 0.0645 e. The number of hydrogen-bond donors (Lipinski definition) is 3. The average Bonchev–Trinajstić information content (AvgIpc) is 2.73. The quantitative estimate of drug-likeness (QED) is 0.438. The first-order valence-corrected chi connectivity index (χ1v) is 10.2. The van der Waals surface area contributed by atoms with Gasteiger partial charge in [0.2, 0.25) is 0 Å². The largest absolute Gasteiger partial charge is 0.395 e. The van der Waals surface area contributed by atoms with Gasteiger partial charge in [-0.1, -0.05) is 61.4 Å². The molecule has 0 fully saturated rings.